The molecule has 3 fully saturated rings. The van der Waals surface area contributed by atoms with Crippen LogP contribution in [0.15, 0.2) is 0 Å². The lowest BCUT2D eigenvalue weighted by molar-refractivity contribution is -0.132. The zero-order valence-electron chi connectivity index (χ0n) is 12.6. The lowest BCUT2D eigenvalue weighted by Crippen LogP contribution is -2.44. The third-order valence-electron chi connectivity index (χ3n) is 5.31. The van der Waals surface area contributed by atoms with Gasteiger partial charge in [-0.1, -0.05) is 33.6 Å². The molecule has 1 amide bonds. The SMILES string of the molecule is CC1CCCC(CN2C(=O)C3(CC3)NC2C(C)C)C1. The van der Waals surface area contributed by atoms with Crippen molar-refractivity contribution in [3.05, 3.63) is 0 Å². The summed E-state index contributed by atoms with van der Waals surface area (Å²) in [7, 11) is 0. The Kier molecular flexibility index (Phi) is 3.36. The molecule has 108 valence electrons. The summed E-state index contributed by atoms with van der Waals surface area (Å²) >= 11 is 0. The molecular formula is C16H28N2O. The number of carbonyl (C=O) groups is 1. The van der Waals surface area contributed by atoms with Crippen LogP contribution >= 0.6 is 0 Å². The van der Waals surface area contributed by atoms with Crippen LogP contribution in [0.3, 0.4) is 0 Å². The van der Waals surface area contributed by atoms with Gasteiger partial charge in [0.25, 0.3) is 0 Å². The fraction of sp³-hybridized carbons (Fsp3) is 0.938. The molecule has 3 heteroatoms. The van der Waals surface area contributed by atoms with E-state index in [2.05, 4.69) is 31.0 Å². The number of rotatable bonds is 3. The zero-order valence-corrected chi connectivity index (χ0v) is 12.6. The maximum absolute atomic E-state index is 12.6. The Bertz CT molecular complexity index is 362. The number of carbonyl (C=O) groups excluding carboxylic acids is 1. The van der Waals surface area contributed by atoms with Crippen molar-refractivity contribution in [2.24, 2.45) is 17.8 Å². The van der Waals surface area contributed by atoms with E-state index < -0.39 is 0 Å². The molecule has 0 aromatic rings. The Hall–Kier alpha value is -0.570. The predicted octanol–water partition coefficient (Wildman–Crippen LogP) is 2.76. The molecule has 1 saturated heterocycles. The fourth-order valence-corrected chi connectivity index (χ4v) is 4.03. The minimum absolute atomic E-state index is 0.144. The first kappa shape index (κ1) is 13.4. The number of nitrogens with one attached hydrogen (secondary N) is 1. The summed E-state index contributed by atoms with van der Waals surface area (Å²) in [6.07, 6.45) is 7.71. The maximum atomic E-state index is 12.6. The average Bonchev–Trinajstić information content (AvgIpc) is 3.08. The highest BCUT2D eigenvalue weighted by molar-refractivity contribution is 5.91. The monoisotopic (exact) mass is 264 g/mol. The van der Waals surface area contributed by atoms with Crippen molar-refractivity contribution in [3.63, 3.8) is 0 Å². The molecule has 0 radical (unpaired) electrons. The minimum atomic E-state index is -0.144. The van der Waals surface area contributed by atoms with Gasteiger partial charge in [0.05, 0.1) is 11.7 Å². The Morgan fingerprint density at radius 2 is 2.11 bits per heavy atom. The van der Waals surface area contributed by atoms with Gasteiger partial charge in [0.1, 0.15) is 0 Å². The van der Waals surface area contributed by atoms with Crippen LogP contribution in [0.5, 0.6) is 0 Å². The maximum Gasteiger partial charge on any atom is 0.244 e. The summed E-state index contributed by atoms with van der Waals surface area (Å²) in [6, 6.07) is 0. The molecule has 1 spiro atoms. The third-order valence-corrected chi connectivity index (χ3v) is 5.31. The first-order valence-corrected chi connectivity index (χ1v) is 8.10. The van der Waals surface area contributed by atoms with Crippen LogP contribution in [0.25, 0.3) is 0 Å². The smallest absolute Gasteiger partial charge is 0.244 e. The molecule has 1 aliphatic heterocycles. The molecule has 0 bridgehead atoms. The number of hydrogen-bond donors (Lipinski definition) is 1. The Labute approximate surface area is 117 Å². The largest absolute Gasteiger partial charge is 0.325 e. The van der Waals surface area contributed by atoms with Crippen molar-refractivity contribution in [1.82, 2.24) is 10.2 Å². The molecule has 2 aliphatic carbocycles. The number of nitrogens with zero attached hydrogens (tertiary/aromatic N) is 1. The number of amides is 1. The van der Waals surface area contributed by atoms with Crippen LogP contribution in [0.4, 0.5) is 0 Å². The quantitative estimate of drug-likeness (QED) is 0.850. The molecular weight excluding hydrogens is 236 g/mol. The standard InChI is InChI=1S/C16H28N2O/c1-11(2)14-17-16(7-8-16)15(19)18(14)10-13-6-4-5-12(3)9-13/h11-14,17H,4-10H2,1-3H3. The van der Waals surface area contributed by atoms with E-state index in [1.165, 1.54) is 25.7 Å². The van der Waals surface area contributed by atoms with Gasteiger partial charge in [0.15, 0.2) is 0 Å². The summed E-state index contributed by atoms with van der Waals surface area (Å²) < 4.78 is 0. The molecule has 2 saturated carbocycles. The molecule has 3 aliphatic rings. The van der Waals surface area contributed by atoms with E-state index in [4.69, 9.17) is 0 Å². The van der Waals surface area contributed by atoms with Crippen molar-refractivity contribution in [3.8, 4) is 0 Å². The van der Waals surface area contributed by atoms with Crippen LogP contribution in [0.2, 0.25) is 0 Å². The van der Waals surface area contributed by atoms with E-state index in [-0.39, 0.29) is 11.7 Å². The molecule has 19 heavy (non-hydrogen) atoms. The topological polar surface area (TPSA) is 32.3 Å². The highest BCUT2D eigenvalue weighted by Gasteiger charge is 2.59. The van der Waals surface area contributed by atoms with Gasteiger partial charge in [-0.15, -0.1) is 0 Å². The van der Waals surface area contributed by atoms with Gasteiger partial charge in [0, 0.05) is 6.54 Å². The summed E-state index contributed by atoms with van der Waals surface area (Å²) in [6.45, 7) is 7.80. The van der Waals surface area contributed by atoms with Gasteiger partial charge in [-0.3, -0.25) is 10.1 Å². The lowest BCUT2D eigenvalue weighted by Gasteiger charge is -2.34. The van der Waals surface area contributed by atoms with Crippen LogP contribution in [-0.2, 0) is 4.79 Å². The second kappa shape index (κ2) is 4.76. The van der Waals surface area contributed by atoms with Crippen LogP contribution in [0.1, 0.15) is 59.3 Å². The minimum Gasteiger partial charge on any atom is -0.325 e. The first-order valence-electron chi connectivity index (χ1n) is 8.10. The lowest BCUT2D eigenvalue weighted by atomic mass is 9.82. The second-order valence-electron chi connectivity index (χ2n) is 7.51. The van der Waals surface area contributed by atoms with E-state index in [9.17, 15) is 4.79 Å². The zero-order chi connectivity index (χ0) is 13.6. The predicted molar refractivity (Wildman–Crippen MR) is 76.6 cm³/mol. The van der Waals surface area contributed by atoms with E-state index in [0.717, 1.165) is 31.2 Å². The Balaban J connectivity index is 1.69. The summed E-state index contributed by atoms with van der Waals surface area (Å²) in [5.41, 5.74) is -0.144. The Morgan fingerprint density at radius 1 is 1.37 bits per heavy atom. The van der Waals surface area contributed by atoms with Crippen molar-refractivity contribution in [2.45, 2.75) is 71.0 Å². The van der Waals surface area contributed by atoms with Gasteiger partial charge in [-0.2, -0.15) is 0 Å². The molecule has 3 unspecified atom stereocenters. The van der Waals surface area contributed by atoms with Crippen LogP contribution in [-0.4, -0.2) is 29.1 Å². The summed E-state index contributed by atoms with van der Waals surface area (Å²) in [4.78, 5) is 14.8. The van der Waals surface area contributed by atoms with Crippen LogP contribution in [0, 0.1) is 17.8 Å². The van der Waals surface area contributed by atoms with Gasteiger partial charge >= 0.3 is 0 Å². The average molecular weight is 264 g/mol. The molecule has 0 aromatic heterocycles. The van der Waals surface area contributed by atoms with E-state index >= 15 is 0 Å². The van der Waals surface area contributed by atoms with Gasteiger partial charge in [-0.05, 0) is 43.4 Å². The van der Waals surface area contributed by atoms with Gasteiger partial charge in [-0.25, -0.2) is 0 Å². The number of hydrogen-bond acceptors (Lipinski definition) is 2. The van der Waals surface area contributed by atoms with Gasteiger partial charge < -0.3 is 4.90 Å². The van der Waals surface area contributed by atoms with E-state index in [1.807, 2.05) is 0 Å². The summed E-state index contributed by atoms with van der Waals surface area (Å²) in [5.74, 6) is 2.47. The molecule has 0 aromatic carbocycles. The Morgan fingerprint density at radius 3 is 2.68 bits per heavy atom. The second-order valence-corrected chi connectivity index (χ2v) is 7.51. The van der Waals surface area contributed by atoms with Crippen molar-refractivity contribution in [1.29, 1.82) is 0 Å². The highest BCUT2D eigenvalue weighted by atomic mass is 16.2. The first-order chi connectivity index (χ1) is 9.02. The normalized spacial score (nSPS) is 37.4. The van der Waals surface area contributed by atoms with E-state index in [1.54, 1.807) is 0 Å². The fourth-order valence-electron chi connectivity index (χ4n) is 4.03. The molecule has 3 nitrogen and oxygen atoms in total. The van der Waals surface area contributed by atoms with Crippen molar-refractivity contribution in [2.75, 3.05) is 6.54 Å². The third kappa shape index (κ3) is 2.42. The van der Waals surface area contributed by atoms with E-state index in [0.29, 0.717) is 11.8 Å². The van der Waals surface area contributed by atoms with Crippen molar-refractivity contribution >= 4 is 5.91 Å². The van der Waals surface area contributed by atoms with Crippen molar-refractivity contribution < 1.29 is 4.79 Å². The highest BCUT2D eigenvalue weighted by Crippen LogP contribution is 2.44. The molecule has 3 atom stereocenters. The molecule has 3 rings (SSSR count). The molecule has 1 N–H and O–H groups in total. The van der Waals surface area contributed by atoms with Crippen LogP contribution < -0.4 is 5.32 Å². The molecule has 1 heterocycles. The van der Waals surface area contributed by atoms with Gasteiger partial charge in [0.2, 0.25) is 5.91 Å². The summed E-state index contributed by atoms with van der Waals surface area (Å²) in [5, 5.41) is 3.62.